The van der Waals surface area contributed by atoms with Crippen LogP contribution in [0.25, 0.3) is 0 Å². The Morgan fingerprint density at radius 3 is 2.43 bits per heavy atom. The number of amides is 2. The molecule has 1 saturated carbocycles. The third-order valence-corrected chi connectivity index (χ3v) is 5.11. The number of alkyl halides is 3. The van der Waals surface area contributed by atoms with Gasteiger partial charge in [0.05, 0.1) is 6.54 Å². The van der Waals surface area contributed by atoms with Gasteiger partial charge in [0.15, 0.2) is 0 Å². The fourth-order valence-electron chi connectivity index (χ4n) is 3.48. The van der Waals surface area contributed by atoms with E-state index in [1.54, 1.807) is 11.9 Å². The summed E-state index contributed by atoms with van der Waals surface area (Å²) in [5.41, 5.74) is 0.0457. The van der Waals surface area contributed by atoms with Crippen molar-refractivity contribution in [3.05, 3.63) is 0 Å². The maximum Gasteiger partial charge on any atom is 0.401 e. The van der Waals surface area contributed by atoms with Crippen molar-refractivity contribution in [3.8, 4) is 0 Å². The zero-order valence-electron chi connectivity index (χ0n) is 14.1. The summed E-state index contributed by atoms with van der Waals surface area (Å²) in [4.78, 5) is 17.5. The third kappa shape index (κ3) is 4.73. The normalized spacial score (nSPS) is 24.6. The van der Waals surface area contributed by atoms with E-state index in [2.05, 4.69) is 10.2 Å². The Hall–Kier alpha value is -1.02. The number of nitrogens with one attached hydrogen (secondary N) is 1. The summed E-state index contributed by atoms with van der Waals surface area (Å²) < 4.78 is 37.2. The number of likely N-dealkylation sites (N-methyl/N-ethyl adjacent to an activating group) is 2. The van der Waals surface area contributed by atoms with Crippen molar-refractivity contribution in [2.45, 2.75) is 43.4 Å². The molecule has 0 aromatic rings. The van der Waals surface area contributed by atoms with E-state index in [1.165, 1.54) is 11.3 Å². The summed E-state index contributed by atoms with van der Waals surface area (Å²) in [6.07, 6.45) is -0.310. The van der Waals surface area contributed by atoms with E-state index in [-0.39, 0.29) is 24.2 Å². The fourth-order valence-corrected chi connectivity index (χ4v) is 3.48. The number of hydrogen-bond donors (Lipinski definition) is 1. The molecule has 134 valence electrons. The number of nitrogens with zero attached hydrogens (tertiary/aromatic N) is 3. The largest absolute Gasteiger partial charge is 0.401 e. The van der Waals surface area contributed by atoms with E-state index in [0.29, 0.717) is 19.5 Å². The lowest BCUT2D eigenvalue weighted by Gasteiger charge is -2.49. The molecule has 0 unspecified atom stereocenters. The third-order valence-electron chi connectivity index (χ3n) is 5.11. The van der Waals surface area contributed by atoms with Gasteiger partial charge in [0.1, 0.15) is 0 Å². The van der Waals surface area contributed by atoms with Gasteiger partial charge in [0, 0.05) is 38.3 Å². The molecule has 0 aromatic carbocycles. The van der Waals surface area contributed by atoms with E-state index in [0.717, 1.165) is 12.8 Å². The monoisotopic (exact) mass is 336 g/mol. The minimum atomic E-state index is -4.18. The van der Waals surface area contributed by atoms with Crippen LogP contribution in [0.5, 0.6) is 0 Å². The molecule has 1 aliphatic carbocycles. The van der Waals surface area contributed by atoms with Crippen molar-refractivity contribution in [2.75, 3.05) is 47.3 Å². The van der Waals surface area contributed by atoms with Crippen LogP contribution in [0.1, 0.15) is 25.7 Å². The molecule has 2 rings (SSSR count). The van der Waals surface area contributed by atoms with Gasteiger partial charge < -0.3 is 15.1 Å². The Balaban J connectivity index is 1.78. The van der Waals surface area contributed by atoms with Gasteiger partial charge in [-0.05, 0) is 39.8 Å². The zero-order chi connectivity index (χ0) is 17.3. The molecule has 0 radical (unpaired) electrons. The van der Waals surface area contributed by atoms with Crippen molar-refractivity contribution >= 4 is 6.03 Å². The van der Waals surface area contributed by atoms with Gasteiger partial charge in [-0.25, -0.2) is 4.79 Å². The SMILES string of the molecule is CN(CC1(N(C)C)CCC1)C(=O)N[C@H]1CCN(CC(F)(F)F)C1. The first-order valence-electron chi connectivity index (χ1n) is 8.09. The van der Waals surface area contributed by atoms with Gasteiger partial charge in [0.25, 0.3) is 0 Å². The lowest BCUT2D eigenvalue weighted by Crippen LogP contribution is -2.59. The number of likely N-dealkylation sites (tertiary alicyclic amines) is 1. The number of rotatable bonds is 5. The average Bonchev–Trinajstić information content (AvgIpc) is 2.77. The fraction of sp³-hybridized carbons (Fsp3) is 0.933. The summed E-state index contributed by atoms with van der Waals surface area (Å²) in [6, 6.07) is -0.402. The number of carbonyl (C=O) groups excluding carboxylic acids is 1. The molecule has 2 fully saturated rings. The molecule has 2 aliphatic rings. The van der Waals surface area contributed by atoms with Gasteiger partial charge in [-0.3, -0.25) is 4.90 Å². The molecule has 0 spiro atoms. The van der Waals surface area contributed by atoms with Gasteiger partial charge in [-0.1, -0.05) is 0 Å². The number of carbonyl (C=O) groups is 1. The van der Waals surface area contributed by atoms with E-state index in [9.17, 15) is 18.0 Å². The summed E-state index contributed by atoms with van der Waals surface area (Å²) in [6.45, 7) is 0.373. The quantitative estimate of drug-likeness (QED) is 0.831. The first-order chi connectivity index (χ1) is 10.6. The van der Waals surface area contributed by atoms with E-state index < -0.39 is 12.7 Å². The average molecular weight is 336 g/mol. The van der Waals surface area contributed by atoms with Crippen LogP contribution in [0, 0.1) is 0 Å². The van der Waals surface area contributed by atoms with Crippen molar-refractivity contribution in [3.63, 3.8) is 0 Å². The number of hydrogen-bond acceptors (Lipinski definition) is 3. The van der Waals surface area contributed by atoms with Gasteiger partial charge in [-0.15, -0.1) is 0 Å². The zero-order valence-corrected chi connectivity index (χ0v) is 14.1. The minimum absolute atomic E-state index is 0.0457. The Kier molecular flexibility index (Phi) is 5.45. The topological polar surface area (TPSA) is 38.8 Å². The van der Waals surface area contributed by atoms with Crippen molar-refractivity contribution < 1.29 is 18.0 Å². The van der Waals surface area contributed by atoms with Crippen LogP contribution in [0.2, 0.25) is 0 Å². The van der Waals surface area contributed by atoms with Crippen LogP contribution >= 0.6 is 0 Å². The molecule has 1 heterocycles. The Labute approximate surface area is 135 Å². The highest BCUT2D eigenvalue weighted by molar-refractivity contribution is 5.74. The van der Waals surface area contributed by atoms with E-state index in [4.69, 9.17) is 0 Å². The van der Waals surface area contributed by atoms with Crippen LogP contribution in [-0.4, -0.2) is 85.8 Å². The predicted molar refractivity (Wildman–Crippen MR) is 82.3 cm³/mol. The lowest BCUT2D eigenvalue weighted by atomic mass is 9.75. The Morgan fingerprint density at radius 2 is 1.96 bits per heavy atom. The highest BCUT2D eigenvalue weighted by atomic mass is 19.4. The molecule has 2 amide bonds. The Bertz CT molecular complexity index is 423. The van der Waals surface area contributed by atoms with E-state index in [1.807, 2.05) is 14.1 Å². The standard InChI is InChI=1S/C15H27F3N4O/c1-20(2)14(6-4-7-14)10-21(3)13(23)19-12-5-8-22(9-12)11-15(16,17)18/h12H,4-11H2,1-3H3,(H,19,23)/t12-/m0/s1. The summed E-state index contributed by atoms with van der Waals surface area (Å²) in [7, 11) is 5.80. The molecule has 1 saturated heterocycles. The molecule has 23 heavy (non-hydrogen) atoms. The number of halogens is 3. The lowest BCUT2D eigenvalue weighted by molar-refractivity contribution is -0.143. The van der Waals surface area contributed by atoms with Crippen molar-refractivity contribution in [1.82, 2.24) is 20.0 Å². The molecule has 1 aliphatic heterocycles. The highest BCUT2D eigenvalue weighted by Crippen LogP contribution is 2.36. The summed E-state index contributed by atoms with van der Waals surface area (Å²) in [5.74, 6) is 0. The van der Waals surface area contributed by atoms with Gasteiger partial charge in [0.2, 0.25) is 0 Å². The predicted octanol–water partition coefficient (Wildman–Crippen LogP) is 1.75. The second-order valence-electron chi connectivity index (χ2n) is 7.11. The van der Waals surface area contributed by atoms with E-state index >= 15 is 0 Å². The summed E-state index contributed by atoms with van der Waals surface area (Å²) >= 11 is 0. The molecule has 0 aromatic heterocycles. The second-order valence-corrected chi connectivity index (χ2v) is 7.11. The molecule has 0 bridgehead atoms. The molecule has 8 heteroatoms. The smallest absolute Gasteiger partial charge is 0.334 e. The molecule has 5 nitrogen and oxygen atoms in total. The maximum absolute atomic E-state index is 12.4. The summed E-state index contributed by atoms with van der Waals surface area (Å²) in [5, 5.41) is 2.86. The number of urea groups is 1. The van der Waals surface area contributed by atoms with Crippen molar-refractivity contribution in [2.24, 2.45) is 0 Å². The van der Waals surface area contributed by atoms with Crippen LogP contribution in [-0.2, 0) is 0 Å². The molecular weight excluding hydrogens is 309 g/mol. The minimum Gasteiger partial charge on any atom is -0.334 e. The molecule has 1 atom stereocenters. The van der Waals surface area contributed by atoms with Gasteiger partial charge in [-0.2, -0.15) is 13.2 Å². The van der Waals surface area contributed by atoms with Crippen molar-refractivity contribution in [1.29, 1.82) is 0 Å². The first kappa shape index (κ1) is 18.3. The molecular formula is C15H27F3N4O. The van der Waals surface area contributed by atoms with Gasteiger partial charge >= 0.3 is 12.2 Å². The van der Waals surface area contributed by atoms with Crippen LogP contribution in [0.15, 0.2) is 0 Å². The first-order valence-corrected chi connectivity index (χ1v) is 8.09. The highest BCUT2D eigenvalue weighted by Gasteiger charge is 2.41. The van der Waals surface area contributed by atoms with Crippen LogP contribution in [0.4, 0.5) is 18.0 Å². The maximum atomic E-state index is 12.4. The van der Waals surface area contributed by atoms with Crippen LogP contribution < -0.4 is 5.32 Å². The Morgan fingerprint density at radius 1 is 1.30 bits per heavy atom. The molecule has 1 N–H and O–H groups in total. The second kappa shape index (κ2) is 6.84. The van der Waals surface area contributed by atoms with Crippen LogP contribution in [0.3, 0.4) is 0 Å².